The molecule has 2 heterocycles. The molecule has 1 spiro atoms. The van der Waals surface area contributed by atoms with E-state index in [-0.39, 0.29) is 17.5 Å². The van der Waals surface area contributed by atoms with Gasteiger partial charge in [0.05, 0.1) is 12.0 Å². The van der Waals surface area contributed by atoms with Gasteiger partial charge < -0.3 is 15.0 Å². The van der Waals surface area contributed by atoms with Gasteiger partial charge in [-0.25, -0.2) is 4.79 Å². The molecule has 2 fully saturated rings. The monoisotopic (exact) mass is 254 g/mol. The van der Waals surface area contributed by atoms with E-state index >= 15 is 0 Å². The Bertz CT molecular complexity index is 362. The maximum atomic E-state index is 12.2. The lowest BCUT2D eigenvalue weighted by Crippen LogP contribution is -2.56. The van der Waals surface area contributed by atoms with Crippen LogP contribution < -0.4 is 5.32 Å². The Morgan fingerprint density at radius 2 is 2.11 bits per heavy atom. The second-order valence-electron chi connectivity index (χ2n) is 6.27. The predicted molar refractivity (Wildman–Crippen MR) is 67.1 cm³/mol. The van der Waals surface area contributed by atoms with Crippen molar-refractivity contribution in [2.75, 3.05) is 13.1 Å². The Morgan fingerprint density at radius 3 is 2.67 bits per heavy atom. The molecule has 1 atom stereocenters. The van der Waals surface area contributed by atoms with E-state index in [9.17, 15) is 9.59 Å². The predicted octanol–water partition coefficient (Wildman–Crippen LogP) is 1.67. The zero-order chi connectivity index (χ0) is 13.4. The van der Waals surface area contributed by atoms with E-state index in [1.807, 2.05) is 20.8 Å². The van der Waals surface area contributed by atoms with Gasteiger partial charge in [-0.15, -0.1) is 0 Å². The number of rotatable bonds is 0. The van der Waals surface area contributed by atoms with Crippen LogP contribution in [0, 0.1) is 0 Å². The molecule has 1 unspecified atom stereocenters. The van der Waals surface area contributed by atoms with Gasteiger partial charge >= 0.3 is 6.09 Å². The Kier molecular flexibility index (Phi) is 3.25. The molecule has 5 heteroatoms. The molecule has 0 aliphatic carbocycles. The van der Waals surface area contributed by atoms with Crippen LogP contribution in [-0.2, 0) is 9.53 Å². The SMILES string of the molecule is CC(C)(C)OC(=O)N1CCCCC12CNC(=O)C2. The van der Waals surface area contributed by atoms with Crippen LogP contribution in [0.1, 0.15) is 46.5 Å². The van der Waals surface area contributed by atoms with Gasteiger partial charge in [-0.1, -0.05) is 0 Å². The number of hydrogen-bond acceptors (Lipinski definition) is 3. The molecule has 2 saturated heterocycles. The fourth-order valence-corrected chi connectivity index (χ4v) is 2.75. The third-order valence-electron chi connectivity index (χ3n) is 3.56. The standard InChI is InChI=1S/C13H22N2O3/c1-12(2,3)18-11(17)15-7-5-4-6-13(15)8-10(16)14-9-13/h4-9H2,1-3H3,(H,14,16). The van der Waals surface area contributed by atoms with E-state index in [1.165, 1.54) is 0 Å². The third kappa shape index (κ3) is 2.60. The van der Waals surface area contributed by atoms with Crippen LogP contribution in [0.5, 0.6) is 0 Å². The summed E-state index contributed by atoms with van der Waals surface area (Å²) in [7, 11) is 0. The fourth-order valence-electron chi connectivity index (χ4n) is 2.75. The average Bonchev–Trinajstić information content (AvgIpc) is 2.58. The zero-order valence-electron chi connectivity index (χ0n) is 11.4. The van der Waals surface area contributed by atoms with Crippen molar-refractivity contribution in [3.63, 3.8) is 0 Å². The smallest absolute Gasteiger partial charge is 0.410 e. The number of nitrogens with one attached hydrogen (secondary N) is 1. The molecule has 2 aliphatic heterocycles. The van der Waals surface area contributed by atoms with Gasteiger partial charge in [-0.2, -0.15) is 0 Å². The summed E-state index contributed by atoms with van der Waals surface area (Å²) in [6.07, 6.45) is 3.04. The molecule has 2 amide bonds. The molecule has 1 N–H and O–H groups in total. The molecule has 102 valence electrons. The van der Waals surface area contributed by atoms with E-state index in [1.54, 1.807) is 4.90 Å². The van der Waals surface area contributed by atoms with Gasteiger partial charge in [0.15, 0.2) is 0 Å². The van der Waals surface area contributed by atoms with Crippen molar-refractivity contribution in [2.24, 2.45) is 0 Å². The molecule has 2 rings (SSSR count). The summed E-state index contributed by atoms with van der Waals surface area (Å²) in [5.74, 6) is 0.0328. The Morgan fingerprint density at radius 1 is 1.39 bits per heavy atom. The normalized spacial score (nSPS) is 28.4. The number of carbonyl (C=O) groups excluding carboxylic acids is 2. The summed E-state index contributed by atoms with van der Waals surface area (Å²) in [6, 6.07) is 0. The van der Waals surface area contributed by atoms with Gasteiger partial charge in [-0.3, -0.25) is 4.79 Å². The Labute approximate surface area is 108 Å². The van der Waals surface area contributed by atoms with Gasteiger partial charge in [0.25, 0.3) is 0 Å². The lowest BCUT2D eigenvalue weighted by atomic mass is 9.86. The van der Waals surface area contributed by atoms with E-state index in [4.69, 9.17) is 4.74 Å². The fraction of sp³-hybridized carbons (Fsp3) is 0.846. The molecule has 0 saturated carbocycles. The van der Waals surface area contributed by atoms with Crippen molar-refractivity contribution < 1.29 is 14.3 Å². The van der Waals surface area contributed by atoms with Crippen molar-refractivity contribution in [1.82, 2.24) is 10.2 Å². The minimum Gasteiger partial charge on any atom is -0.444 e. The minimum atomic E-state index is -0.494. The van der Waals surface area contributed by atoms with E-state index < -0.39 is 5.60 Å². The lowest BCUT2D eigenvalue weighted by molar-refractivity contribution is -0.120. The molecule has 5 nitrogen and oxygen atoms in total. The Hall–Kier alpha value is -1.26. The van der Waals surface area contributed by atoms with Crippen LogP contribution >= 0.6 is 0 Å². The number of hydrogen-bond donors (Lipinski definition) is 1. The highest BCUT2D eigenvalue weighted by Gasteiger charge is 2.48. The van der Waals surface area contributed by atoms with E-state index in [2.05, 4.69) is 5.32 Å². The largest absolute Gasteiger partial charge is 0.444 e. The number of carbonyl (C=O) groups is 2. The van der Waals surface area contributed by atoms with E-state index in [0.717, 1.165) is 19.3 Å². The second-order valence-corrected chi connectivity index (χ2v) is 6.27. The topological polar surface area (TPSA) is 58.6 Å². The summed E-state index contributed by atoms with van der Waals surface area (Å²) < 4.78 is 5.45. The highest BCUT2D eigenvalue weighted by Crippen LogP contribution is 2.34. The van der Waals surface area contributed by atoms with Crippen LogP contribution in [0.2, 0.25) is 0 Å². The highest BCUT2D eigenvalue weighted by atomic mass is 16.6. The number of ether oxygens (including phenoxy) is 1. The summed E-state index contributed by atoms with van der Waals surface area (Å²) in [6.45, 7) is 6.83. The number of nitrogens with zero attached hydrogens (tertiary/aromatic N) is 1. The van der Waals surface area contributed by atoms with Crippen molar-refractivity contribution in [3.05, 3.63) is 0 Å². The first-order valence-corrected chi connectivity index (χ1v) is 6.60. The number of amides is 2. The van der Waals surface area contributed by atoms with Gasteiger partial charge in [0.2, 0.25) is 5.91 Å². The molecular weight excluding hydrogens is 232 g/mol. The van der Waals surface area contributed by atoms with Crippen LogP contribution in [0.3, 0.4) is 0 Å². The van der Waals surface area contributed by atoms with E-state index in [0.29, 0.717) is 19.5 Å². The summed E-state index contributed by atoms with van der Waals surface area (Å²) in [5, 5.41) is 2.84. The van der Waals surface area contributed by atoms with Gasteiger partial charge in [0.1, 0.15) is 5.60 Å². The van der Waals surface area contributed by atoms with Crippen molar-refractivity contribution in [1.29, 1.82) is 0 Å². The first-order valence-electron chi connectivity index (χ1n) is 6.60. The highest BCUT2D eigenvalue weighted by molar-refractivity contribution is 5.82. The lowest BCUT2D eigenvalue weighted by Gasteiger charge is -2.43. The van der Waals surface area contributed by atoms with Crippen molar-refractivity contribution in [3.8, 4) is 0 Å². The third-order valence-corrected chi connectivity index (χ3v) is 3.56. The number of likely N-dealkylation sites (tertiary alicyclic amines) is 1. The summed E-state index contributed by atoms with van der Waals surface area (Å²) >= 11 is 0. The van der Waals surface area contributed by atoms with Crippen molar-refractivity contribution >= 4 is 12.0 Å². The molecule has 2 aliphatic rings. The molecule has 0 aromatic carbocycles. The van der Waals surface area contributed by atoms with Crippen LogP contribution in [-0.4, -0.2) is 41.1 Å². The minimum absolute atomic E-state index is 0.0328. The molecule has 0 radical (unpaired) electrons. The van der Waals surface area contributed by atoms with Crippen LogP contribution in [0.25, 0.3) is 0 Å². The van der Waals surface area contributed by atoms with Crippen molar-refractivity contribution in [2.45, 2.75) is 57.6 Å². The first-order chi connectivity index (χ1) is 8.32. The quantitative estimate of drug-likeness (QED) is 0.715. The molecule has 0 bridgehead atoms. The molecule has 0 aromatic heterocycles. The summed E-state index contributed by atoms with van der Waals surface area (Å²) in [5.41, 5.74) is -0.844. The molecular formula is C13H22N2O3. The second kappa shape index (κ2) is 4.44. The zero-order valence-corrected chi connectivity index (χ0v) is 11.4. The van der Waals surface area contributed by atoms with Crippen LogP contribution in [0.4, 0.5) is 4.79 Å². The molecule has 0 aromatic rings. The maximum Gasteiger partial charge on any atom is 0.410 e. The van der Waals surface area contributed by atoms with Gasteiger partial charge in [0, 0.05) is 13.1 Å². The molecule has 18 heavy (non-hydrogen) atoms. The van der Waals surface area contributed by atoms with Gasteiger partial charge in [-0.05, 0) is 40.0 Å². The van der Waals surface area contributed by atoms with Crippen LogP contribution in [0.15, 0.2) is 0 Å². The average molecular weight is 254 g/mol. The first kappa shape index (κ1) is 13.2. The summed E-state index contributed by atoms with van der Waals surface area (Å²) in [4.78, 5) is 25.5. The number of piperidine rings is 1. The maximum absolute atomic E-state index is 12.2. The Balaban J connectivity index is 2.13.